The molecule has 0 radical (unpaired) electrons. The first-order valence-electron chi connectivity index (χ1n) is 7.37. The number of thiophene rings is 1. The molecule has 3 nitrogen and oxygen atoms in total. The smallest absolute Gasteiger partial charge is 0.261 e. The molecule has 1 aliphatic rings. The van der Waals surface area contributed by atoms with Crippen LogP contribution >= 0.6 is 23.7 Å². The van der Waals surface area contributed by atoms with E-state index in [1.54, 1.807) is 11.3 Å². The maximum absolute atomic E-state index is 12.2. The van der Waals surface area contributed by atoms with Crippen molar-refractivity contribution in [3.63, 3.8) is 0 Å². The molecule has 1 amide bonds. The van der Waals surface area contributed by atoms with E-state index in [4.69, 9.17) is 0 Å². The third kappa shape index (κ3) is 4.47. The molecular weight excluding hydrogens is 292 g/mol. The highest BCUT2D eigenvalue weighted by molar-refractivity contribution is 7.14. The standard InChI is InChI=1S/C15H24N2OS.ClH/c1-3-6-13-11(4-2)9-14(19-13)15(18)17-10-12-7-5-8-16-12;/h9,12,16H,3-8,10H2,1-2H3,(H,17,18);1H. The van der Waals surface area contributed by atoms with Crippen LogP contribution in [0.5, 0.6) is 0 Å². The van der Waals surface area contributed by atoms with Gasteiger partial charge in [0, 0.05) is 17.5 Å². The van der Waals surface area contributed by atoms with Crippen LogP contribution in [0.15, 0.2) is 6.07 Å². The van der Waals surface area contributed by atoms with Gasteiger partial charge in [0.05, 0.1) is 4.88 Å². The molecule has 2 heterocycles. The van der Waals surface area contributed by atoms with Gasteiger partial charge in [0.25, 0.3) is 5.91 Å². The Bertz CT molecular complexity index is 428. The third-order valence-corrected chi connectivity index (χ3v) is 4.89. The highest BCUT2D eigenvalue weighted by atomic mass is 35.5. The van der Waals surface area contributed by atoms with E-state index in [1.807, 2.05) is 0 Å². The van der Waals surface area contributed by atoms with Crippen molar-refractivity contribution in [3.05, 3.63) is 21.4 Å². The average molecular weight is 317 g/mol. The van der Waals surface area contributed by atoms with Gasteiger partial charge in [0.1, 0.15) is 0 Å². The molecule has 1 saturated heterocycles. The highest BCUT2D eigenvalue weighted by Gasteiger charge is 2.17. The molecule has 1 aromatic rings. The molecule has 1 aromatic heterocycles. The lowest BCUT2D eigenvalue weighted by molar-refractivity contribution is 0.0954. The van der Waals surface area contributed by atoms with E-state index < -0.39 is 0 Å². The zero-order valence-corrected chi connectivity index (χ0v) is 14.0. The predicted molar refractivity (Wildman–Crippen MR) is 88.3 cm³/mol. The number of hydrogen-bond acceptors (Lipinski definition) is 3. The van der Waals surface area contributed by atoms with E-state index in [0.717, 1.165) is 37.2 Å². The number of rotatable bonds is 6. The molecular formula is C15H25ClN2OS. The monoisotopic (exact) mass is 316 g/mol. The number of carbonyl (C=O) groups excluding carboxylic acids is 1. The fourth-order valence-corrected chi connectivity index (χ4v) is 3.82. The minimum atomic E-state index is 0. The number of hydrogen-bond donors (Lipinski definition) is 2. The van der Waals surface area contributed by atoms with Crippen LogP contribution in [0.4, 0.5) is 0 Å². The Morgan fingerprint density at radius 2 is 2.30 bits per heavy atom. The van der Waals surface area contributed by atoms with Crippen molar-refractivity contribution in [1.82, 2.24) is 10.6 Å². The SMILES string of the molecule is CCCc1sc(C(=O)NCC2CCCN2)cc1CC.Cl. The fraction of sp³-hybridized carbons (Fsp3) is 0.667. The molecule has 1 unspecified atom stereocenters. The van der Waals surface area contributed by atoms with Gasteiger partial charge in [-0.3, -0.25) is 4.79 Å². The zero-order chi connectivity index (χ0) is 13.7. The van der Waals surface area contributed by atoms with Crippen molar-refractivity contribution in [2.75, 3.05) is 13.1 Å². The summed E-state index contributed by atoms with van der Waals surface area (Å²) in [7, 11) is 0. The van der Waals surface area contributed by atoms with Crippen LogP contribution in [0.25, 0.3) is 0 Å². The van der Waals surface area contributed by atoms with Crippen LogP contribution < -0.4 is 10.6 Å². The molecule has 0 aromatic carbocycles. The average Bonchev–Trinajstić information content (AvgIpc) is 3.05. The lowest BCUT2D eigenvalue weighted by Gasteiger charge is -2.10. The van der Waals surface area contributed by atoms with E-state index in [1.165, 1.54) is 23.3 Å². The van der Waals surface area contributed by atoms with Gasteiger partial charge in [-0.05, 0) is 43.9 Å². The Kier molecular flexibility index (Phi) is 7.56. The third-order valence-electron chi connectivity index (χ3n) is 3.65. The molecule has 1 atom stereocenters. The maximum atomic E-state index is 12.2. The van der Waals surface area contributed by atoms with Gasteiger partial charge >= 0.3 is 0 Å². The minimum Gasteiger partial charge on any atom is -0.350 e. The topological polar surface area (TPSA) is 41.1 Å². The molecule has 2 N–H and O–H groups in total. The fourth-order valence-electron chi connectivity index (χ4n) is 2.55. The Hall–Kier alpha value is -0.580. The summed E-state index contributed by atoms with van der Waals surface area (Å²) in [6.45, 7) is 6.18. The van der Waals surface area contributed by atoms with E-state index in [9.17, 15) is 4.79 Å². The lowest BCUT2D eigenvalue weighted by Crippen LogP contribution is -2.36. The zero-order valence-electron chi connectivity index (χ0n) is 12.3. The summed E-state index contributed by atoms with van der Waals surface area (Å²) >= 11 is 1.67. The van der Waals surface area contributed by atoms with E-state index >= 15 is 0 Å². The number of halogens is 1. The van der Waals surface area contributed by atoms with Crippen LogP contribution in [0.2, 0.25) is 0 Å². The molecule has 20 heavy (non-hydrogen) atoms. The second kappa shape index (κ2) is 8.65. The van der Waals surface area contributed by atoms with Crippen LogP contribution in [-0.4, -0.2) is 25.0 Å². The maximum Gasteiger partial charge on any atom is 0.261 e. The van der Waals surface area contributed by atoms with Gasteiger partial charge in [-0.2, -0.15) is 0 Å². The molecule has 0 aliphatic carbocycles. The molecule has 5 heteroatoms. The number of carbonyl (C=O) groups is 1. The van der Waals surface area contributed by atoms with E-state index in [2.05, 4.69) is 30.5 Å². The Morgan fingerprint density at radius 1 is 1.50 bits per heavy atom. The Morgan fingerprint density at radius 3 is 2.90 bits per heavy atom. The van der Waals surface area contributed by atoms with Crippen molar-refractivity contribution in [2.45, 2.75) is 52.0 Å². The highest BCUT2D eigenvalue weighted by Crippen LogP contribution is 2.24. The van der Waals surface area contributed by atoms with Crippen LogP contribution in [-0.2, 0) is 12.8 Å². The van der Waals surface area contributed by atoms with Crippen molar-refractivity contribution in [3.8, 4) is 0 Å². The second-order valence-electron chi connectivity index (χ2n) is 5.17. The van der Waals surface area contributed by atoms with Crippen molar-refractivity contribution in [2.24, 2.45) is 0 Å². The van der Waals surface area contributed by atoms with E-state index in [-0.39, 0.29) is 18.3 Å². The Labute approximate surface area is 131 Å². The molecule has 1 fully saturated rings. The first-order chi connectivity index (χ1) is 9.24. The summed E-state index contributed by atoms with van der Waals surface area (Å²) in [6, 6.07) is 2.54. The number of aryl methyl sites for hydroxylation is 2. The lowest BCUT2D eigenvalue weighted by atomic mass is 10.1. The van der Waals surface area contributed by atoms with Crippen molar-refractivity contribution in [1.29, 1.82) is 0 Å². The summed E-state index contributed by atoms with van der Waals surface area (Å²) < 4.78 is 0. The molecule has 2 rings (SSSR count). The van der Waals surface area contributed by atoms with E-state index in [0.29, 0.717) is 6.04 Å². The molecule has 0 spiro atoms. The van der Waals surface area contributed by atoms with Crippen LogP contribution in [0, 0.1) is 0 Å². The molecule has 114 valence electrons. The molecule has 1 aliphatic heterocycles. The number of amides is 1. The van der Waals surface area contributed by atoms with Gasteiger partial charge in [-0.15, -0.1) is 23.7 Å². The summed E-state index contributed by atoms with van der Waals surface area (Å²) in [5, 5.41) is 6.46. The first kappa shape index (κ1) is 17.5. The summed E-state index contributed by atoms with van der Waals surface area (Å²) in [6.07, 6.45) is 5.64. The number of nitrogens with one attached hydrogen (secondary N) is 2. The van der Waals surface area contributed by atoms with Crippen molar-refractivity contribution >= 4 is 29.7 Å². The first-order valence-corrected chi connectivity index (χ1v) is 8.19. The van der Waals surface area contributed by atoms with Gasteiger partial charge < -0.3 is 10.6 Å². The summed E-state index contributed by atoms with van der Waals surface area (Å²) in [4.78, 5) is 14.4. The molecule has 0 bridgehead atoms. The Balaban J connectivity index is 0.00000200. The van der Waals surface area contributed by atoms with Crippen LogP contribution in [0.1, 0.15) is 53.2 Å². The minimum absolute atomic E-state index is 0. The molecule has 0 saturated carbocycles. The summed E-state index contributed by atoms with van der Waals surface area (Å²) in [5.41, 5.74) is 1.34. The summed E-state index contributed by atoms with van der Waals surface area (Å²) in [5.74, 6) is 0.0933. The van der Waals surface area contributed by atoms with Gasteiger partial charge in [-0.1, -0.05) is 20.3 Å². The van der Waals surface area contributed by atoms with Crippen molar-refractivity contribution < 1.29 is 4.79 Å². The second-order valence-corrected chi connectivity index (χ2v) is 6.30. The van der Waals surface area contributed by atoms with Gasteiger partial charge in [0.15, 0.2) is 0 Å². The largest absolute Gasteiger partial charge is 0.350 e. The predicted octanol–water partition coefficient (Wildman–Crippen LogP) is 3.17. The van der Waals surface area contributed by atoms with Crippen LogP contribution in [0.3, 0.4) is 0 Å². The quantitative estimate of drug-likeness (QED) is 0.846. The van der Waals surface area contributed by atoms with Gasteiger partial charge in [0.2, 0.25) is 0 Å². The normalized spacial score (nSPS) is 17.8. The van der Waals surface area contributed by atoms with Gasteiger partial charge in [-0.25, -0.2) is 0 Å².